The molecule has 4 heteroatoms. The summed E-state index contributed by atoms with van der Waals surface area (Å²) >= 11 is 1.70. The molecule has 0 spiro atoms. The summed E-state index contributed by atoms with van der Waals surface area (Å²) in [6.07, 6.45) is 0.979. The van der Waals surface area contributed by atoms with Crippen molar-refractivity contribution < 1.29 is 0 Å². The normalized spacial score (nSPS) is 11.3. The SMILES string of the molecule is CCc1c(-c2ccc(CN)cc2)nc2scc(C)n12. The van der Waals surface area contributed by atoms with E-state index < -0.39 is 0 Å². The van der Waals surface area contributed by atoms with Crippen LogP contribution in [0.1, 0.15) is 23.9 Å². The molecule has 0 aliphatic heterocycles. The fourth-order valence-corrected chi connectivity index (χ4v) is 3.31. The molecule has 0 saturated heterocycles. The summed E-state index contributed by atoms with van der Waals surface area (Å²) in [5.74, 6) is 0. The number of nitrogens with zero attached hydrogens (tertiary/aromatic N) is 2. The number of aromatic nitrogens is 2. The van der Waals surface area contributed by atoms with Gasteiger partial charge in [-0.05, 0) is 18.9 Å². The molecule has 0 atom stereocenters. The van der Waals surface area contributed by atoms with E-state index in [9.17, 15) is 0 Å². The lowest BCUT2D eigenvalue weighted by Gasteiger charge is -2.04. The minimum Gasteiger partial charge on any atom is -0.326 e. The second-order valence-corrected chi connectivity index (χ2v) is 5.49. The predicted octanol–water partition coefficient (Wildman–Crippen LogP) is 3.39. The van der Waals surface area contributed by atoms with Crippen molar-refractivity contribution >= 4 is 16.3 Å². The van der Waals surface area contributed by atoms with Gasteiger partial charge < -0.3 is 5.73 Å². The maximum absolute atomic E-state index is 5.64. The van der Waals surface area contributed by atoms with Crippen molar-refractivity contribution in [3.05, 3.63) is 46.6 Å². The molecular formula is C15H17N3S. The molecule has 0 saturated carbocycles. The number of fused-ring (bicyclic) bond motifs is 1. The minimum atomic E-state index is 0.582. The Balaban J connectivity index is 2.17. The van der Waals surface area contributed by atoms with Crippen molar-refractivity contribution in [3.8, 4) is 11.3 Å². The number of aryl methyl sites for hydroxylation is 2. The van der Waals surface area contributed by atoms with Crippen molar-refractivity contribution in [1.82, 2.24) is 9.38 Å². The molecular weight excluding hydrogens is 254 g/mol. The van der Waals surface area contributed by atoms with E-state index in [1.807, 2.05) is 0 Å². The molecule has 3 rings (SSSR count). The lowest BCUT2D eigenvalue weighted by Crippen LogP contribution is -1.96. The van der Waals surface area contributed by atoms with Crippen LogP contribution in [0.25, 0.3) is 16.2 Å². The third-order valence-electron chi connectivity index (χ3n) is 3.43. The largest absolute Gasteiger partial charge is 0.326 e. The second kappa shape index (κ2) is 4.79. The molecule has 2 N–H and O–H groups in total. The van der Waals surface area contributed by atoms with Crippen LogP contribution in [-0.2, 0) is 13.0 Å². The molecule has 1 aromatic carbocycles. The van der Waals surface area contributed by atoms with E-state index in [2.05, 4.69) is 47.9 Å². The zero-order valence-corrected chi connectivity index (χ0v) is 12.0. The quantitative estimate of drug-likeness (QED) is 0.793. The van der Waals surface area contributed by atoms with Gasteiger partial charge >= 0.3 is 0 Å². The van der Waals surface area contributed by atoms with Crippen molar-refractivity contribution in [2.45, 2.75) is 26.8 Å². The number of hydrogen-bond acceptors (Lipinski definition) is 3. The molecule has 98 valence electrons. The molecule has 2 aromatic heterocycles. The van der Waals surface area contributed by atoms with Crippen LogP contribution in [0.5, 0.6) is 0 Å². The molecule has 0 radical (unpaired) electrons. The van der Waals surface area contributed by atoms with Crippen LogP contribution in [0.15, 0.2) is 29.6 Å². The molecule has 19 heavy (non-hydrogen) atoms. The first-order valence-electron chi connectivity index (χ1n) is 6.49. The van der Waals surface area contributed by atoms with Gasteiger partial charge in [-0.3, -0.25) is 4.40 Å². The summed E-state index contributed by atoms with van der Waals surface area (Å²) in [5.41, 5.74) is 11.6. The molecule has 3 aromatic rings. The van der Waals surface area contributed by atoms with E-state index in [0.717, 1.165) is 22.6 Å². The lowest BCUT2D eigenvalue weighted by atomic mass is 10.1. The summed E-state index contributed by atoms with van der Waals surface area (Å²) in [4.78, 5) is 5.86. The van der Waals surface area contributed by atoms with Crippen LogP contribution in [0, 0.1) is 6.92 Å². The van der Waals surface area contributed by atoms with Gasteiger partial charge in [-0.1, -0.05) is 31.2 Å². The summed E-state index contributed by atoms with van der Waals surface area (Å²) in [5, 5.41) is 2.16. The maximum Gasteiger partial charge on any atom is 0.194 e. The van der Waals surface area contributed by atoms with Crippen LogP contribution in [0.2, 0.25) is 0 Å². The van der Waals surface area contributed by atoms with Gasteiger partial charge in [-0.15, -0.1) is 11.3 Å². The number of imidazole rings is 1. The summed E-state index contributed by atoms with van der Waals surface area (Å²) in [6.45, 7) is 4.89. The summed E-state index contributed by atoms with van der Waals surface area (Å²) in [7, 11) is 0. The van der Waals surface area contributed by atoms with Gasteiger partial charge in [0.2, 0.25) is 0 Å². The molecule has 0 bridgehead atoms. The van der Waals surface area contributed by atoms with Gasteiger partial charge in [-0.2, -0.15) is 0 Å². The second-order valence-electron chi connectivity index (χ2n) is 4.66. The number of nitrogens with two attached hydrogens (primary N) is 1. The van der Waals surface area contributed by atoms with Crippen LogP contribution >= 0.6 is 11.3 Å². The van der Waals surface area contributed by atoms with Crippen molar-refractivity contribution in [2.75, 3.05) is 0 Å². The highest BCUT2D eigenvalue weighted by atomic mass is 32.1. The first-order valence-corrected chi connectivity index (χ1v) is 7.37. The fraction of sp³-hybridized carbons (Fsp3) is 0.267. The Hall–Kier alpha value is -1.65. The molecule has 0 fully saturated rings. The van der Waals surface area contributed by atoms with E-state index in [1.54, 1.807) is 11.3 Å². The monoisotopic (exact) mass is 271 g/mol. The number of benzene rings is 1. The van der Waals surface area contributed by atoms with Crippen LogP contribution in [-0.4, -0.2) is 9.38 Å². The van der Waals surface area contributed by atoms with Gasteiger partial charge in [0.1, 0.15) is 0 Å². The van der Waals surface area contributed by atoms with Gasteiger partial charge in [0.05, 0.1) is 11.4 Å². The third kappa shape index (κ3) is 1.97. The van der Waals surface area contributed by atoms with E-state index in [4.69, 9.17) is 10.7 Å². The minimum absolute atomic E-state index is 0.582. The summed E-state index contributed by atoms with van der Waals surface area (Å²) < 4.78 is 2.26. The number of thiazole rings is 1. The van der Waals surface area contributed by atoms with E-state index in [0.29, 0.717) is 6.54 Å². The van der Waals surface area contributed by atoms with Gasteiger partial charge in [0, 0.05) is 23.2 Å². The van der Waals surface area contributed by atoms with E-state index in [1.165, 1.54) is 17.0 Å². The van der Waals surface area contributed by atoms with Gasteiger partial charge in [0.15, 0.2) is 4.96 Å². The topological polar surface area (TPSA) is 43.3 Å². The fourth-order valence-electron chi connectivity index (χ4n) is 2.42. The van der Waals surface area contributed by atoms with Crippen LogP contribution in [0.4, 0.5) is 0 Å². The smallest absolute Gasteiger partial charge is 0.194 e. The molecule has 2 heterocycles. The third-order valence-corrected chi connectivity index (χ3v) is 4.37. The average molecular weight is 271 g/mol. The van der Waals surface area contributed by atoms with Gasteiger partial charge in [0.25, 0.3) is 0 Å². The van der Waals surface area contributed by atoms with Crippen LogP contribution in [0.3, 0.4) is 0 Å². The maximum atomic E-state index is 5.64. The molecule has 0 aliphatic carbocycles. The number of hydrogen-bond donors (Lipinski definition) is 1. The highest BCUT2D eigenvalue weighted by Crippen LogP contribution is 2.28. The van der Waals surface area contributed by atoms with Crippen LogP contribution < -0.4 is 5.73 Å². The predicted molar refractivity (Wildman–Crippen MR) is 80.5 cm³/mol. The Morgan fingerprint density at radius 1 is 1.26 bits per heavy atom. The molecule has 0 unspecified atom stereocenters. The van der Waals surface area contributed by atoms with Crippen molar-refractivity contribution in [1.29, 1.82) is 0 Å². The molecule has 0 amide bonds. The average Bonchev–Trinajstić information content (AvgIpc) is 2.99. The Morgan fingerprint density at radius 2 is 2.00 bits per heavy atom. The standard InChI is InChI=1S/C15H17N3S/c1-3-13-14(12-6-4-11(8-16)5-7-12)17-15-18(13)10(2)9-19-15/h4-7,9H,3,8,16H2,1-2H3. The Labute approximate surface area is 116 Å². The first-order chi connectivity index (χ1) is 9.24. The van der Waals surface area contributed by atoms with Crippen molar-refractivity contribution in [2.24, 2.45) is 5.73 Å². The summed E-state index contributed by atoms with van der Waals surface area (Å²) in [6, 6.07) is 8.39. The van der Waals surface area contributed by atoms with Crippen molar-refractivity contribution in [3.63, 3.8) is 0 Å². The van der Waals surface area contributed by atoms with Gasteiger partial charge in [-0.25, -0.2) is 4.98 Å². The zero-order valence-electron chi connectivity index (χ0n) is 11.2. The molecule has 0 aliphatic rings. The molecule has 3 nitrogen and oxygen atoms in total. The highest BCUT2D eigenvalue weighted by molar-refractivity contribution is 7.15. The van der Waals surface area contributed by atoms with E-state index in [-0.39, 0.29) is 0 Å². The highest BCUT2D eigenvalue weighted by Gasteiger charge is 2.14. The first kappa shape index (κ1) is 12.4. The number of rotatable bonds is 3. The Kier molecular flexibility index (Phi) is 3.12. The Morgan fingerprint density at radius 3 is 2.63 bits per heavy atom. The zero-order chi connectivity index (χ0) is 13.4. The lowest BCUT2D eigenvalue weighted by molar-refractivity contribution is 0.976. The Bertz CT molecular complexity index is 707. The van der Waals surface area contributed by atoms with E-state index >= 15 is 0 Å².